The molecule has 3 saturated heterocycles. The number of hydrogen-bond donors (Lipinski definition) is 10. The molecule has 408 valence electrons. The van der Waals surface area contributed by atoms with Gasteiger partial charge in [-0.1, -0.05) is 53.7 Å². The molecule has 23 heteroatoms. The molecule has 3 rings (SSSR count). The van der Waals surface area contributed by atoms with Gasteiger partial charge in [0.25, 0.3) is 23.6 Å². The van der Waals surface area contributed by atoms with Crippen molar-refractivity contribution in [2.45, 2.75) is 194 Å². The molecule has 0 radical (unpaired) electrons. The minimum atomic E-state index is -2.74. The summed E-state index contributed by atoms with van der Waals surface area (Å²) in [6.45, 7) is 19.2. The van der Waals surface area contributed by atoms with Crippen LogP contribution in [0.3, 0.4) is 0 Å². The van der Waals surface area contributed by atoms with E-state index in [2.05, 4.69) is 21.5 Å². The third kappa shape index (κ3) is 14.2. The number of aliphatic hydroxyl groups is 4. The number of ether oxygens (including phenoxy) is 1. The molecule has 0 bridgehead atoms. The van der Waals surface area contributed by atoms with Crippen LogP contribution >= 0.6 is 0 Å². The first-order valence-electron chi connectivity index (χ1n) is 25.0. The molecular weight excluding hydrogens is 941 g/mol. The molecule has 0 saturated carbocycles. The van der Waals surface area contributed by atoms with Gasteiger partial charge in [0, 0.05) is 32.5 Å². The van der Waals surface area contributed by atoms with Crippen molar-refractivity contribution in [2.75, 3.05) is 20.1 Å². The number of carboxylic acid groups (broad SMARTS) is 1. The molecule has 0 aromatic carbocycles. The monoisotopic (exact) mass is 1020 g/mol. The quantitative estimate of drug-likeness (QED) is 0.0320. The minimum absolute atomic E-state index is 0.0519. The lowest BCUT2D eigenvalue weighted by atomic mass is 9.80. The van der Waals surface area contributed by atoms with Crippen LogP contribution in [0.25, 0.3) is 0 Å². The summed E-state index contributed by atoms with van der Waals surface area (Å²) in [6.07, 6.45) is 0.379. The number of allylic oxidation sites excluding steroid dienone is 3. The number of aliphatic carboxylic acids is 1. The van der Waals surface area contributed by atoms with Gasteiger partial charge in [0.1, 0.15) is 30.2 Å². The second-order valence-corrected chi connectivity index (χ2v) is 20.7. The number of carboxylic acids is 1. The van der Waals surface area contributed by atoms with Gasteiger partial charge in [-0.3, -0.25) is 48.8 Å². The van der Waals surface area contributed by atoms with Crippen molar-refractivity contribution in [2.24, 2.45) is 23.7 Å². The van der Waals surface area contributed by atoms with E-state index in [9.17, 15) is 69.1 Å². The van der Waals surface area contributed by atoms with Crippen LogP contribution in [0, 0.1) is 23.7 Å². The zero-order chi connectivity index (χ0) is 54.9. The number of amides is 6. The first-order chi connectivity index (χ1) is 33.4. The van der Waals surface area contributed by atoms with Crippen molar-refractivity contribution in [1.29, 1.82) is 0 Å². The topological polar surface area (TPSA) is 328 Å². The van der Waals surface area contributed by atoms with Crippen LogP contribution in [0.1, 0.15) is 128 Å². The first-order valence-corrected chi connectivity index (χ1v) is 25.0. The number of Topliss-reactive ketones (excluding diaryl/α,β-unsaturated/α-hetero) is 1. The van der Waals surface area contributed by atoms with E-state index >= 15 is 0 Å². The predicted molar refractivity (Wildman–Crippen MR) is 260 cm³/mol. The minimum Gasteiger partial charge on any atom is -0.480 e. The Bertz CT molecular complexity index is 2050. The number of hydroxylamine groups is 2. The van der Waals surface area contributed by atoms with Crippen LogP contribution in [0.2, 0.25) is 0 Å². The van der Waals surface area contributed by atoms with Gasteiger partial charge in [-0.25, -0.2) is 20.7 Å². The molecule has 3 aliphatic heterocycles. The Balaban J connectivity index is 1.88. The molecule has 3 aliphatic rings. The van der Waals surface area contributed by atoms with Gasteiger partial charge in [0.05, 0.1) is 18.3 Å². The summed E-state index contributed by atoms with van der Waals surface area (Å²) in [7, 11) is 1.28. The highest BCUT2D eigenvalue weighted by molar-refractivity contribution is 5.98. The van der Waals surface area contributed by atoms with Crippen LogP contribution in [-0.4, -0.2) is 184 Å². The van der Waals surface area contributed by atoms with E-state index in [1.807, 2.05) is 6.92 Å². The Morgan fingerprint density at radius 2 is 1.43 bits per heavy atom. The van der Waals surface area contributed by atoms with Crippen molar-refractivity contribution in [3.8, 4) is 0 Å². The molecule has 0 spiro atoms. The Morgan fingerprint density at radius 1 is 0.875 bits per heavy atom. The van der Waals surface area contributed by atoms with Crippen LogP contribution in [0.4, 0.5) is 0 Å². The highest BCUT2D eigenvalue weighted by Gasteiger charge is 2.57. The highest BCUT2D eigenvalue weighted by Crippen LogP contribution is 2.41. The maximum Gasteiger partial charge on any atom is 0.328 e. The highest BCUT2D eigenvalue weighted by atomic mass is 16.6. The average Bonchev–Trinajstić information content (AvgIpc) is 3.34. The number of likely N-dealkylation sites (N-methyl/N-ethyl adjacent to an activating group) is 1. The van der Waals surface area contributed by atoms with Crippen LogP contribution in [-0.2, 0) is 43.1 Å². The maximum atomic E-state index is 14.6. The van der Waals surface area contributed by atoms with E-state index < -0.39 is 119 Å². The number of ketones is 1. The fraction of sp³-hybridized carbons (Fsp3) is 0.755. The summed E-state index contributed by atoms with van der Waals surface area (Å²) in [4.78, 5) is 111. The second kappa shape index (κ2) is 25.9. The molecule has 10 N–H and O–H groups in total. The van der Waals surface area contributed by atoms with E-state index in [0.717, 1.165) is 21.8 Å². The van der Waals surface area contributed by atoms with Crippen molar-refractivity contribution in [1.82, 2.24) is 41.5 Å². The van der Waals surface area contributed by atoms with Crippen molar-refractivity contribution >= 4 is 47.2 Å². The van der Waals surface area contributed by atoms with E-state index in [0.29, 0.717) is 24.0 Å². The molecule has 0 aromatic heterocycles. The third-order valence-electron chi connectivity index (χ3n) is 14.1. The SMILES string of the molecule is C/C=C(\C)C(=O)[C@@H](C)/C=C(\C)[C@H]1O[C@@](O)(C(C)(O)C(=O)N[C@H](C(=O)N2NCCC[C@@H]2C(=O)N(O)[C@@H](C)C(=O)N(C)[C@H](CC(C)C)C(=O)N2NCCC[C@H]2C(=O)N[C@@H](C(=O)O)[C@H](C)O)[C@@H](O)C(C)C)CC[C@@H]1C. The lowest BCUT2D eigenvalue weighted by Crippen LogP contribution is -2.70. The smallest absolute Gasteiger partial charge is 0.328 e. The fourth-order valence-corrected chi connectivity index (χ4v) is 9.19. The first kappa shape index (κ1) is 61.4. The van der Waals surface area contributed by atoms with Gasteiger partial charge in [-0.2, -0.15) is 0 Å². The van der Waals surface area contributed by atoms with Crippen LogP contribution in [0.5, 0.6) is 0 Å². The number of nitrogens with one attached hydrogen (secondary N) is 4. The largest absolute Gasteiger partial charge is 0.480 e. The summed E-state index contributed by atoms with van der Waals surface area (Å²) < 4.78 is 6.12. The normalized spacial score (nSPS) is 26.0. The van der Waals surface area contributed by atoms with E-state index in [-0.39, 0.29) is 67.9 Å². The molecule has 3 heterocycles. The number of aliphatic hydroxyl groups excluding tert-OH is 2. The molecule has 13 atom stereocenters. The van der Waals surface area contributed by atoms with Gasteiger partial charge < -0.3 is 45.8 Å². The third-order valence-corrected chi connectivity index (χ3v) is 14.1. The second-order valence-electron chi connectivity index (χ2n) is 20.7. The summed E-state index contributed by atoms with van der Waals surface area (Å²) in [6, 6.07) is -9.22. The van der Waals surface area contributed by atoms with Crippen molar-refractivity contribution in [3.63, 3.8) is 0 Å². The van der Waals surface area contributed by atoms with Gasteiger partial charge in [-0.15, -0.1) is 0 Å². The van der Waals surface area contributed by atoms with Gasteiger partial charge in [0.2, 0.25) is 17.6 Å². The lowest BCUT2D eigenvalue weighted by Gasteiger charge is -2.47. The summed E-state index contributed by atoms with van der Waals surface area (Å²) in [5.74, 6) is -11.8. The Morgan fingerprint density at radius 3 is 1.94 bits per heavy atom. The zero-order valence-corrected chi connectivity index (χ0v) is 44.2. The van der Waals surface area contributed by atoms with Gasteiger partial charge >= 0.3 is 5.97 Å². The van der Waals surface area contributed by atoms with Gasteiger partial charge in [0.15, 0.2) is 17.4 Å². The van der Waals surface area contributed by atoms with E-state index in [1.165, 1.54) is 20.9 Å². The number of carbonyl (C=O) groups excluding carboxylic acids is 7. The van der Waals surface area contributed by atoms with Crippen molar-refractivity contribution < 1.29 is 73.8 Å². The molecular formula is C49H82N8O15. The molecule has 1 unspecified atom stereocenters. The fourth-order valence-electron chi connectivity index (χ4n) is 9.19. The summed E-state index contributed by atoms with van der Waals surface area (Å²) in [5, 5.41) is 72.9. The lowest BCUT2D eigenvalue weighted by molar-refractivity contribution is -0.321. The number of hydrogen-bond acceptors (Lipinski definition) is 16. The molecule has 23 nitrogen and oxygen atoms in total. The summed E-state index contributed by atoms with van der Waals surface area (Å²) >= 11 is 0. The number of hydrazine groups is 2. The Labute approximate surface area is 422 Å². The molecule has 0 aromatic rings. The molecule has 0 aliphatic carbocycles. The predicted octanol–water partition coefficient (Wildman–Crippen LogP) is 0.281. The van der Waals surface area contributed by atoms with Gasteiger partial charge in [-0.05, 0) is 109 Å². The molecule has 72 heavy (non-hydrogen) atoms. The maximum absolute atomic E-state index is 14.6. The van der Waals surface area contributed by atoms with Crippen molar-refractivity contribution in [3.05, 3.63) is 23.3 Å². The van der Waals surface area contributed by atoms with E-state index in [1.54, 1.807) is 67.5 Å². The molecule has 3 fully saturated rings. The number of rotatable bonds is 21. The Kier molecular flexibility index (Phi) is 22.1. The standard InChI is InChI=1S/C49H82N8O15/c1-14-27(6)39(60)29(8)24-30(9)40-28(7)19-20-49(70,72-40)48(12,69)47(68)53-37(38(59)26(4)5)45(65)56-34(18-16-22-51-56)44(64)57(71)31(10)42(62)54(13)35(23-25(2)3)43(63)55-33(17-15-21-50-55)41(61)52-36(32(11)58)46(66)67/h14,24-26,28-29,31-38,40,50-51,58-59,69-71H,15-23H2,1-13H3,(H,52,61)(H,53,68)(H,66,67)/b27-14+,30-24+/t28-,29-,31-,32-,33-,34+,35+,36+,37-,38-,40-,48?,49+/m0/s1. The van der Waals surface area contributed by atoms with Crippen LogP contribution in [0.15, 0.2) is 23.3 Å². The number of nitrogens with zero attached hydrogens (tertiary/aromatic N) is 4. The molecule has 6 amide bonds. The van der Waals surface area contributed by atoms with Crippen LogP contribution < -0.4 is 21.5 Å². The summed E-state index contributed by atoms with van der Waals surface area (Å²) in [5.41, 5.74) is 4.07. The Hall–Kier alpha value is -4.88. The zero-order valence-electron chi connectivity index (χ0n) is 44.2. The number of carbonyl (C=O) groups is 8. The average molecular weight is 1020 g/mol. The van der Waals surface area contributed by atoms with E-state index in [4.69, 9.17) is 4.74 Å².